The van der Waals surface area contributed by atoms with Crippen molar-refractivity contribution >= 4 is 0 Å². The molecular formula is C13H28N2. The van der Waals surface area contributed by atoms with Crippen molar-refractivity contribution in [2.75, 3.05) is 19.6 Å². The van der Waals surface area contributed by atoms with E-state index in [1.165, 1.54) is 32.2 Å². The second-order valence-electron chi connectivity index (χ2n) is 5.99. The largest absolute Gasteiger partial charge is 0.330 e. The van der Waals surface area contributed by atoms with E-state index in [2.05, 4.69) is 26.1 Å². The maximum absolute atomic E-state index is 5.80. The number of nitrogens with one attached hydrogen (secondary N) is 1. The van der Waals surface area contributed by atoms with Crippen LogP contribution in [0.4, 0.5) is 0 Å². The Morgan fingerprint density at radius 1 is 1.33 bits per heavy atom. The lowest BCUT2D eigenvalue weighted by atomic mass is 9.85. The number of hydrogen-bond acceptors (Lipinski definition) is 2. The van der Waals surface area contributed by atoms with Gasteiger partial charge in [0.2, 0.25) is 0 Å². The van der Waals surface area contributed by atoms with Crippen molar-refractivity contribution < 1.29 is 0 Å². The minimum Gasteiger partial charge on any atom is -0.330 e. The van der Waals surface area contributed by atoms with Gasteiger partial charge in [0, 0.05) is 13.1 Å². The molecule has 0 radical (unpaired) electrons. The topological polar surface area (TPSA) is 38.0 Å². The van der Waals surface area contributed by atoms with Crippen LogP contribution in [-0.4, -0.2) is 19.6 Å². The molecule has 0 saturated heterocycles. The monoisotopic (exact) mass is 212 g/mol. The van der Waals surface area contributed by atoms with Gasteiger partial charge in [-0.15, -0.1) is 0 Å². The van der Waals surface area contributed by atoms with Crippen molar-refractivity contribution in [3.63, 3.8) is 0 Å². The van der Waals surface area contributed by atoms with Crippen LogP contribution in [0.3, 0.4) is 0 Å². The Morgan fingerprint density at radius 3 is 2.40 bits per heavy atom. The highest BCUT2D eigenvalue weighted by molar-refractivity contribution is 4.84. The highest BCUT2D eigenvalue weighted by Crippen LogP contribution is 2.36. The standard InChI is InChI=1S/C13H28N2/c1-4-12(2,9-14)10-15-11-13(3)7-5-6-8-13/h15H,4-11,14H2,1-3H3. The van der Waals surface area contributed by atoms with Gasteiger partial charge in [0.15, 0.2) is 0 Å². The quantitative estimate of drug-likeness (QED) is 0.710. The van der Waals surface area contributed by atoms with Crippen LogP contribution in [0.5, 0.6) is 0 Å². The molecule has 0 aromatic rings. The number of hydrogen-bond donors (Lipinski definition) is 2. The van der Waals surface area contributed by atoms with Crippen LogP contribution in [-0.2, 0) is 0 Å². The van der Waals surface area contributed by atoms with E-state index in [9.17, 15) is 0 Å². The van der Waals surface area contributed by atoms with Crippen LogP contribution in [0.15, 0.2) is 0 Å². The van der Waals surface area contributed by atoms with Gasteiger partial charge in [0.1, 0.15) is 0 Å². The summed E-state index contributed by atoms with van der Waals surface area (Å²) in [5.41, 5.74) is 6.65. The fraction of sp³-hybridized carbons (Fsp3) is 1.00. The third-order valence-electron chi connectivity index (χ3n) is 4.26. The van der Waals surface area contributed by atoms with Crippen molar-refractivity contribution in [2.24, 2.45) is 16.6 Å². The van der Waals surface area contributed by atoms with Gasteiger partial charge in [-0.25, -0.2) is 0 Å². The second-order valence-corrected chi connectivity index (χ2v) is 5.99. The van der Waals surface area contributed by atoms with Crippen LogP contribution in [0, 0.1) is 10.8 Å². The molecule has 2 nitrogen and oxygen atoms in total. The minimum absolute atomic E-state index is 0.287. The van der Waals surface area contributed by atoms with E-state index in [1.807, 2.05) is 0 Å². The van der Waals surface area contributed by atoms with Gasteiger partial charge in [-0.05, 0) is 36.6 Å². The predicted molar refractivity (Wildman–Crippen MR) is 66.9 cm³/mol. The average Bonchev–Trinajstić information content (AvgIpc) is 2.65. The molecule has 2 heteroatoms. The van der Waals surface area contributed by atoms with Crippen molar-refractivity contribution in [3.05, 3.63) is 0 Å². The van der Waals surface area contributed by atoms with Crippen molar-refractivity contribution in [1.29, 1.82) is 0 Å². The van der Waals surface area contributed by atoms with Gasteiger partial charge in [0.25, 0.3) is 0 Å². The van der Waals surface area contributed by atoms with E-state index in [1.54, 1.807) is 0 Å². The van der Waals surface area contributed by atoms with Crippen molar-refractivity contribution in [3.8, 4) is 0 Å². The van der Waals surface area contributed by atoms with Crippen molar-refractivity contribution in [2.45, 2.75) is 52.9 Å². The highest BCUT2D eigenvalue weighted by Gasteiger charge is 2.29. The first-order chi connectivity index (χ1) is 7.04. The van der Waals surface area contributed by atoms with Gasteiger partial charge in [-0.1, -0.05) is 33.6 Å². The Bertz CT molecular complexity index is 175. The maximum Gasteiger partial charge on any atom is 0.00174 e. The van der Waals surface area contributed by atoms with E-state index in [4.69, 9.17) is 5.73 Å². The molecule has 90 valence electrons. The van der Waals surface area contributed by atoms with Gasteiger partial charge >= 0.3 is 0 Å². The van der Waals surface area contributed by atoms with E-state index in [0.29, 0.717) is 5.41 Å². The summed E-state index contributed by atoms with van der Waals surface area (Å²) >= 11 is 0. The van der Waals surface area contributed by atoms with Gasteiger partial charge in [0.05, 0.1) is 0 Å². The molecule has 1 saturated carbocycles. The lowest BCUT2D eigenvalue weighted by Crippen LogP contribution is -2.41. The molecule has 1 rings (SSSR count). The Balaban J connectivity index is 2.25. The van der Waals surface area contributed by atoms with Crippen molar-refractivity contribution in [1.82, 2.24) is 5.32 Å². The van der Waals surface area contributed by atoms with Gasteiger partial charge in [-0.3, -0.25) is 0 Å². The van der Waals surface area contributed by atoms with E-state index in [0.717, 1.165) is 19.5 Å². The lowest BCUT2D eigenvalue weighted by Gasteiger charge is -2.30. The molecular weight excluding hydrogens is 184 g/mol. The number of rotatable bonds is 6. The normalized spacial score (nSPS) is 24.0. The summed E-state index contributed by atoms with van der Waals surface area (Å²) in [6.45, 7) is 9.94. The fourth-order valence-corrected chi connectivity index (χ4v) is 2.41. The van der Waals surface area contributed by atoms with E-state index >= 15 is 0 Å². The summed E-state index contributed by atoms with van der Waals surface area (Å²) in [5, 5.41) is 3.63. The van der Waals surface area contributed by atoms with Crippen LogP contribution in [0.1, 0.15) is 52.9 Å². The van der Waals surface area contributed by atoms with Crippen LogP contribution >= 0.6 is 0 Å². The first kappa shape index (κ1) is 13.0. The van der Waals surface area contributed by atoms with Crippen LogP contribution < -0.4 is 11.1 Å². The van der Waals surface area contributed by atoms with Gasteiger partial charge in [-0.2, -0.15) is 0 Å². The molecule has 0 bridgehead atoms. The minimum atomic E-state index is 0.287. The molecule has 1 unspecified atom stereocenters. The molecule has 1 aliphatic carbocycles. The Hall–Kier alpha value is -0.0800. The molecule has 0 spiro atoms. The lowest BCUT2D eigenvalue weighted by molar-refractivity contribution is 0.257. The summed E-state index contributed by atoms with van der Waals surface area (Å²) in [4.78, 5) is 0. The SMILES string of the molecule is CCC(C)(CN)CNCC1(C)CCCC1. The molecule has 0 amide bonds. The number of nitrogens with two attached hydrogens (primary N) is 1. The van der Waals surface area contributed by atoms with Crippen LogP contribution in [0.2, 0.25) is 0 Å². The first-order valence-corrected chi connectivity index (χ1v) is 6.44. The molecule has 15 heavy (non-hydrogen) atoms. The van der Waals surface area contributed by atoms with E-state index < -0.39 is 0 Å². The molecule has 0 aliphatic heterocycles. The third kappa shape index (κ3) is 3.76. The summed E-state index contributed by atoms with van der Waals surface area (Å²) in [5.74, 6) is 0. The zero-order valence-electron chi connectivity index (χ0n) is 10.7. The molecule has 0 aromatic heterocycles. The van der Waals surface area contributed by atoms with E-state index in [-0.39, 0.29) is 5.41 Å². The maximum atomic E-state index is 5.80. The zero-order chi connectivity index (χ0) is 11.4. The molecule has 1 aliphatic rings. The molecule has 3 N–H and O–H groups in total. The Morgan fingerprint density at radius 2 is 1.93 bits per heavy atom. The smallest absolute Gasteiger partial charge is 0.00174 e. The average molecular weight is 212 g/mol. The fourth-order valence-electron chi connectivity index (χ4n) is 2.41. The van der Waals surface area contributed by atoms with Crippen LogP contribution in [0.25, 0.3) is 0 Å². The summed E-state index contributed by atoms with van der Waals surface area (Å²) in [6, 6.07) is 0. The second kappa shape index (κ2) is 5.31. The Kier molecular flexibility index (Phi) is 4.60. The third-order valence-corrected chi connectivity index (χ3v) is 4.26. The predicted octanol–water partition coefficient (Wildman–Crippen LogP) is 2.53. The molecule has 0 heterocycles. The summed E-state index contributed by atoms with van der Waals surface area (Å²) < 4.78 is 0. The van der Waals surface area contributed by atoms with Gasteiger partial charge < -0.3 is 11.1 Å². The molecule has 0 aromatic carbocycles. The highest BCUT2D eigenvalue weighted by atomic mass is 14.9. The zero-order valence-corrected chi connectivity index (χ0v) is 10.7. The summed E-state index contributed by atoms with van der Waals surface area (Å²) in [7, 11) is 0. The molecule has 1 atom stereocenters. The Labute approximate surface area is 95.0 Å². The summed E-state index contributed by atoms with van der Waals surface area (Å²) in [6.07, 6.45) is 6.78. The molecule has 1 fully saturated rings. The first-order valence-electron chi connectivity index (χ1n) is 6.44.